The average molecular weight is 514 g/mol. The monoisotopic (exact) mass is 513 g/mol. The molecule has 11 heteroatoms. The van der Waals surface area contributed by atoms with Crippen LogP contribution in [0.1, 0.15) is 27.8 Å². The van der Waals surface area contributed by atoms with Crippen molar-refractivity contribution < 1.29 is 19.4 Å². The third-order valence-corrected chi connectivity index (χ3v) is 7.27. The molecule has 2 aromatic heterocycles. The van der Waals surface area contributed by atoms with Gasteiger partial charge in [-0.15, -0.1) is 11.3 Å². The molecule has 3 aromatic rings. The number of anilines is 2. The third-order valence-electron chi connectivity index (χ3n) is 5.75. The largest absolute Gasteiger partial charge is 0.485 e. The van der Waals surface area contributed by atoms with E-state index in [1.807, 2.05) is 60.0 Å². The second-order valence-electron chi connectivity index (χ2n) is 8.08. The fraction of sp³-hybridized carbons (Fsp3) is 0.333. The molecule has 0 bridgehead atoms. The molecular weight excluding hydrogens is 486 g/mol. The first-order chi connectivity index (χ1) is 16.9. The molecule has 35 heavy (non-hydrogen) atoms. The fourth-order valence-electron chi connectivity index (χ4n) is 3.78. The van der Waals surface area contributed by atoms with E-state index in [1.54, 1.807) is 29.5 Å². The van der Waals surface area contributed by atoms with Crippen molar-refractivity contribution in [2.45, 2.75) is 17.7 Å². The number of carboxylic acid groups (broad SMARTS) is 1. The molecule has 0 unspecified atom stereocenters. The summed E-state index contributed by atoms with van der Waals surface area (Å²) in [7, 11) is 3.46. The molecule has 4 rings (SSSR count). The van der Waals surface area contributed by atoms with Gasteiger partial charge in [-0.1, -0.05) is 23.9 Å². The highest BCUT2D eigenvalue weighted by atomic mass is 32.2. The molecule has 0 saturated carbocycles. The number of benzene rings is 1. The Hall–Kier alpha value is -3.31. The van der Waals surface area contributed by atoms with Gasteiger partial charge < -0.3 is 24.5 Å². The van der Waals surface area contributed by atoms with Gasteiger partial charge in [0.1, 0.15) is 23.2 Å². The lowest BCUT2D eigenvalue weighted by Gasteiger charge is -2.24. The second kappa shape index (κ2) is 11.0. The molecule has 0 aliphatic carbocycles. The van der Waals surface area contributed by atoms with E-state index >= 15 is 0 Å². The first-order valence-corrected chi connectivity index (χ1v) is 13.2. The summed E-state index contributed by atoms with van der Waals surface area (Å²) in [4.78, 5) is 39.5. The van der Waals surface area contributed by atoms with Gasteiger partial charge in [0, 0.05) is 63.0 Å². The Labute approximate surface area is 212 Å². The SMILES string of the molecule is CSc1ncc2c(n1)N(C)CCN(c1cccc(O[C@H](CCN(C)C(=O)O)c3cccs3)c1)C2=O. The highest BCUT2D eigenvalue weighted by Crippen LogP contribution is 2.32. The molecule has 1 aromatic carbocycles. The zero-order valence-corrected chi connectivity index (χ0v) is 21.4. The predicted molar refractivity (Wildman–Crippen MR) is 138 cm³/mol. The van der Waals surface area contributed by atoms with Gasteiger partial charge in [-0.25, -0.2) is 14.8 Å². The van der Waals surface area contributed by atoms with E-state index in [-0.39, 0.29) is 12.0 Å². The molecule has 184 valence electrons. The molecule has 1 aliphatic rings. The van der Waals surface area contributed by atoms with Gasteiger partial charge in [0.2, 0.25) is 0 Å². The van der Waals surface area contributed by atoms with Crippen molar-refractivity contribution >= 4 is 46.6 Å². The summed E-state index contributed by atoms with van der Waals surface area (Å²) in [5.41, 5.74) is 1.18. The van der Waals surface area contributed by atoms with Gasteiger partial charge in [-0.3, -0.25) is 4.79 Å². The topological polar surface area (TPSA) is 99.1 Å². The quantitative estimate of drug-likeness (QED) is 0.348. The zero-order valence-electron chi connectivity index (χ0n) is 19.7. The van der Waals surface area contributed by atoms with Gasteiger partial charge in [0.15, 0.2) is 5.16 Å². The number of likely N-dealkylation sites (N-methyl/N-ethyl adjacent to an activating group) is 1. The molecule has 2 amide bonds. The Morgan fingerprint density at radius 2 is 2.14 bits per heavy atom. The van der Waals surface area contributed by atoms with Crippen LogP contribution >= 0.6 is 23.1 Å². The lowest BCUT2D eigenvalue weighted by atomic mass is 10.2. The van der Waals surface area contributed by atoms with Crippen LogP contribution < -0.4 is 14.5 Å². The normalized spacial score (nSPS) is 14.3. The number of carbonyl (C=O) groups excluding carboxylic acids is 1. The molecule has 3 heterocycles. The number of thioether (sulfide) groups is 1. The Balaban J connectivity index is 1.57. The average Bonchev–Trinajstić information content (AvgIpc) is 3.37. The standard InChI is InChI=1S/C24H27N5O4S2/c1-27-11-12-29(22(30)18-15-25-23(34-3)26-21(18)27)16-6-4-7-17(14-16)33-19(20-8-5-13-35-20)9-10-28(2)24(31)32/h4-8,13-15,19H,9-12H2,1-3H3,(H,31,32)/t19-/m1/s1. The molecule has 0 saturated heterocycles. The molecular formula is C24H27N5O4S2. The zero-order chi connectivity index (χ0) is 24.9. The maximum Gasteiger partial charge on any atom is 0.407 e. The minimum atomic E-state index is -0.976. The molecule has 1 atom stereocenters. The van der Waals surface area contributed by atoms with Crippen molar-refractivity contribution in [3.05, 3.63) is 58.4 Å². The predicted octanol–water partition coefficient (Wildman–Crippen LogP) is 4.48. The van der Waals surface area contributed by atoms with E-state index in [4.69, 9.17) is 4.74 Å². The van der Waals surface area contributed by atoms with Gasteiger partial charge in [0.05, 0.1) is 0 Å². The van der Waals surface area contributed by atoms with E-state index in [1.165, 1.54) is 16.7 Å². The number of nitrogens with zero attached hydrogens (tertiary/aromatic N) is 5. The smallest absolute Gasteiger partial charge is 0.407 e. The number of ether oxygens (including phenoxy) is 1. The maximum absolute atomic E-state index is 13.5. The van der Waals surface area contributed by atoms with Crippen LogP contribution in [0.4, 0.5) is 16.3 Å². The molecule has 1 N–H and O–H groups in total. The number of rotatable bonds is 8. The number of hydrogen-bond donors (Lipinski definition) is 1. The summed E-state index contributed by atoms with van der Waals surface area (Å²) < 4.78 is 6.32. The van der Waals surface area contributed by atoms with Crippen molar-refractivity contribution in [3.8, 4) is 5.75 Å². The maximum atomic E-state index is 13.5. The van der Waals surface area contributed by atoms with Gasteiger partial charge in [-0.2, -0.15) is 0 Å². The number of thiophene rings is 1. The Bertz CT molecular complexity index is 1190. The summed E-state index contributed by atoms with van der Waals surface area (Å²) in [6.45, 7) is 1.44. The highest BCUT2D eigenvalue weighted by Gasteiger charge is 2.28. The summed E-state index contributed by atoms with van der Waals surface area (Å²) in [5, 5.41) is 11.8. The number of hydrogen-bond acceptors (Lipinski definition) is 8. The molecule has 0 spiro atoms. The Morgan fingerprint density at radius 3 is 2.86 bits per heavy atom. The third kappa shape index (κ3) is 5.68. The van der Waals surface area contributed by atoms with Gasteiger partial charge in [-0.05, 0) is 29.8 Å². The lowest BCUT2D eigenvalue weighted by Crippen LogP contribution is -2.33. The van der Waals surface area contributed by atoms with Crippen LogP contribution in [0.2, 0.25) is 0 Å². The number of fused-ring (bicyclic) bond motifs is 1. The second-order valence-corrected chi connectivity index (χ2v) is 9.84. The van der Waals surface area contributed by atoms with Crippen molar-refractivity contribution in [2.24, 2.45) is 0 Å². The van der Waals surface area contributed by atoms with Crippen molar-refractivity contribution in [3.63, 3.8) is 0 Å². The molecule has 1 aliphatic heterocycles. The van der Waals surface area contributed by atoms with E-state index in [0.717, 1.165) is 10.6 Å². The van der Waals surface area contributed by atoms with Crippen LogP contribution in [0.3, 0.4) is 0 Å². The van der Waals surface area contributed by atoms with Crippen LogP contribution in [0.5, 0.6) is 5.75 Å². The summed E-state index contributed by atoms with van der Waals surface area (Å²) in [6.07, 6.45) is 2.72. The van der Waals surface area contributed by atoms with Crippen molar-refractivity contribution in [2.75, 3.05) is 49.8 Å². The van der Waals surface area contributed by atoms with Gasteiger partial charge in [0.25, 0.3) is 5.91 Å². The van der Waals surface area contributed by atoms with Crippen LogP contribution in [-0.2, 0) is 0 Å². The molecule has 0 fully saturated rings. The van der Waals surface area contributed by atoms with E-state index < -0.39 is 6.09 Å². The molecule has 0 radical (unpaired) electrons. The van der Waals surface area contributed by atoms with Crippen LogP contribution in [0.15, 0.2) is 53.1 Å². The summed E-state index contributed by atoms with van der Waals surface area (Å²) >= 11 is 3.00. The Kier molecular flexibility index (Phi) is 7.76. The first kappa shape index (κ1) is 24.8. The number of amides is 2. The van der Waals surface area contributed by atoms with Crippen LogP contribution in [0, 0.1) is 0 Å². The molecule has 9 nitrogen and oxygen atoms in total. The van der Waals surface area contributed by atoms with Crippen LogP contribution in [-0.4, -0.2) is 72.0 Å². The minimum Gasteiger partial charge on any atom is -0.485 e. The fourth-order valence-corrected chi connectivity index (χ4v) is 4.90. The van der Waals surface area contributed by atoms with Gasteiger partial charge >= 0.3 is 6.09 Å². The first-order valence-electron chi connectivity index (χ1n) is 11.1. The summed E-state index contributed by atoms with van der Waals surface area (Å²) in [5.74, 6) is 1.08. The van der Waals surface area contributed by atoms with Crippen molar-refractivity contribution in [1.82, 2.24) is 14.9 Å². The Morgan fingerprint density at radius 1 is 1.31 bits per heavy atom. The minimum absolute atomic E-state index is 0.160. The van der Waals surface area contributed by atoms with E-state index in [2.05, 4.69) is 9.97 Å². The number of carbonyl (C=O) groups is 2. The summed E-state index contributed by atoms with van der Waals surface area (Å²) in [6, 6.07) is 11.4. The van der Waals surface area contributed by atoms with Crippen molar-refractivity contribution in [1.29, 1.82) is 0 Å². The number of aromatic nitrogens is 2. The van der Waals surface area contributed by atoms with E-state index in [9.17, 15) is 14.7 Å². The van der Waals surface area contributed by atoms with E-state index in [0.29, 0.717) is 48.3 Å². The highest BCUT2D eigenvalue weighted by molar-refractivity contribution is 7.98. The van der Waals surface area contributed by atoms with Crippen LogP contribution in [0.25, 0.3) is 0 Å². The lowest BCUT2D eigenvalue weighted by molar-refractivity contribution is 0.0989.